The van der Waals surface area contributed by atoms with Gasteiger partial charge in [-0.15, -0.1) is 0 Å². The second kappa shape index (κ2) is 5.45. The van der Waals surface area contributed by atoms with E-state index in [2.05, 4.69) is 27.1 Å². The van der Waals surface area contributed by atoms with Gasteiger partial charge in [0, 0.05) is 16.9 Å². The Labute approximate surface area is 121 Å². The Kier molecular flexibility index (Phi) is 3.91. The molecule has 2 rings (SSSR count). The lowest BCUT2D eigenvalue weighted by molar-refractivity contribution is 0.535. The van der Waals surface area contributed by atoms with Crippen molar-refractivity contribution in [3.63, 3.8) is 0 Å². The Morgan fingerprint density at radius 2 is 2.21 bits per heavy atom. The molecule has 1 aromatic heterocycles. The van der Waals surface area contributed by atoms with Gasteiger partial charge in [0.15, 0.2) is 0 Å². The van der Waals surface area contributed by atoms with E-state index in [0.717, 1.165) is 15.7 Å². The van der Waals surface area contributed by atoms with E-state index < -0.39 is 0 Å². The third-order valence-corrected chi connectivity index (χ3v) is 3.37. The number of nitrogens with zero attached hydrogens (tertiary/aromatic N) is 3. The lowest BCUT2D eigenvalue weighted by Crippen LogP contribution is -2.07. The minimum absolute atomic E-state index is 0.142. The van der Waals surface area contributed by atoms with Crippen molar-refractivity contribution in [3.05, 3.63) is 45.6 Å². The van der Waals surface area contributed by atoms with E-state index in [-0.39, 0.29) is 6.04 Å². The third-order valence-electron chi connectivity index (χ3n) is 2.88. The summed E-state index contributed by atoms with van der Waals surface area (Å²) in [5.74, 6) is 0.447. The predicted octanol–water partition coefficient (Wildman–Crippen LogP) is 3.27. The number of nitriles is 1. The molecule has 0 fully saturated rings. The molecule has 4 nitrogen and oxygen atoms in total. The summed E-state index contributed by atoms with van der Waals surface area (Å²) in [6.45, 7) is 3.99. The summed E-state index contributed by atoms with van der Waals surface area (Å²) >= 11 is 3.44. The quantitative estimate of drug-likeness (QED) is 0.944. The summed E-state index contributed by atoms with van der Waals surface area (Å²) in [5, 5.41) is 13.7. The zero-order valence-corrected chi connectivity index (χ0v) is 12.5. The van der Waals surface area contributed by atoms with Crippen molar-refractivity contribution in [1.29, 1.82) is 5.26 Å². The number of halogens is 1. The van der Waals surface area contributed by atoms with Crippen LogP contribution >= 0.6 is 15.9 Å². The molecule has 5 heteroatoms. The largest absolute Gasteiger partial charge is 0.383 e. The number of anilines is 1. The number of hydrogen-bond acceptors (Lipinski definition) is 3. The Morgan fingerprint density at radius 3 is 2.79 bits per heavy atom. The molecule has 0 aliphatic rings. The summed E-state index contributed by atoms with van der Waals surface area (Å²) < 4.78 is 2.71. The molecule has 0 aliphatic heterocycles. The van der Waals surface area contributed by atoms with Gasteiger partial charge in [-0.1, -0.05) is 28.1 Å². The van der Waals surface area contributed by atoms with Gasteiger partial charge < -0.3 is 5.73 Å². The standard InChI is InChI=1S/C14H15BrN4/c1-9(2)19-14(17)12(8-16)13(18-19)7-10-4-3-5-11(15)6-10/h3-6,9H,7,17H2,1-2H3. The van der Waals surface area contributed by atoms with Crippen LogP contribution in [0.1, 0.15) is 36.7 Å². The minimum Gasteiger partial charge on any atom is -0.383 e. The van der Waals surface area contributed by atoms with Gasteiger partial charge in [-0.3, -0.25) is 0 Å². The van der Waals surface area contributed by atoms with Crippen LogP contribution in [0.4, 0.5) is 5.82 Å². The maximum Gasteiger partial charge on any atom is 0.140 e. The number of aromatic nitrogens is 2. The fraction of sp³-hybridized carbons (Fsp3) is 0.286. The van der Waals surface area contributed by atoms with Crippen molar-refractivity contribution in [2.75, 3.05) is 5.73 Å². The van der Waals surface area contributed by atoms with Crippen molar-refractivity contribution in [1.82, 2.24) is 9.78 Å². The first-order valence-corrected chi connectivity index (χ1v) is 6.83. The van der Waals surface area contributed by atoms with Gasteiger partial charge in [0.05, 0.1) is 5.69 Å². The van der Waals surface area contributed by atoms with E-state index in [1.165, 1.54) is 0 Å². The lowest BCUT2D eigenvalue weighted by Gasteiger charge is -2.06. The highest BCUT2D eigenvalue weighted by molar-refractivity contribution is 9.10. The van der Waals surface area contributed by atoms with Gasteiger partial charge in [0.25, 0.3) is 0 Å². The maximum absolute atomic E-state index is 9.23. The van der Waals surface area contributed by atoms with E-state index in [0.29, 0.717) is 17.8 Å². The summed E-state index contributed by atoms with van der Waals surface area (Å²) in [5.41, 5.74) is 8.27. The monoisotopic (exact) mass is 318 g/mol. The zero-order valence-electron chi connectivity index (χ0n) is 10.9. The molecule has 0 radical (unpaired) electrons. The average Bonchev–Trinajstić information content (AvgIpc) is 2.66. The first kappa shape index (κ1) is 13.6. The number of benzene rings is 1. The topological polar surface area (TPSA) is 67.6 Å². The molecule has 0 spiro atoms. The molecule has 2 N–H and O–H groups in total. The molecule has 0 saturated heterocycles. The fourth-order valence-electron chi connectivity index (χ4n) is 1.98. The summed E-state index contributed by atoms with van der Waals surface area (Å²) in [7, 11) is 0. The van der Waals surface area contributed by atoms with Crippen LogP contribution in [0, 0.1) is 11.3 Å². The normalized spacial score (nSPS) is 10.7. The summed E-state index contributed by atoms with van der Waals surface area (Å²) in [6, 6.07) is 10.3. The number of nitrogens with two attached hydrogens (primary N) is 1. The summed E-state index contributed by atoms with van der Waals surface area (Å²) in [4.78, 5) is 0. The molecule has 1 aromatic carbocycles. The van der Waals surface area contributed by atoms with Gasteiger partial charge in [0.1, 0.15) is 17.5 Å². The molecular formula is C14H15BrN4. The fourth-order valence-corrected chi connectivity index (χ4v) is 2.42. The SMILES string of the molecule is CC(C)n1nc(Cc2cccc(Br)c2)c(C#N)c1N. The molecule has 98 valence electrons. The zero-order chi connectivity index (χ0) is 14.0. The van der Waals surface area contributed by atoms with Crippen LogP contribution in [-0.4, -0.2) is 9.78 Å². The van der Waals surface area contributed by atoms with Crippen LogP contribution in [0.25, 0.3) is 0 Å². The average molecular weight is 319 g/mol. The molecule has 0 unspecified atom stereocenters. The first-order valence-electron chi connectivity index (χ1n) is 6.04. The highest BCUT2D eigenvalue weighted by Gasteiger charge is 2.17. The van der Waals surface area contributed by atoms with E-state index in [9.17, 15) is 5.26 Å². The third kappa shape index (κ3) is 2.79. The van der Waals surface area contributed by atoms with Crippen molar-refractivity contribution >= 4 is 21.7 Å². The van der Waals surface area contributed by atoms with E-state index >= 15 is 0 Å². The molecule has 0 saturated carbocycles. The molecule has 0 atom stereocenters. The van der Waals surface area contributed by atoms with Gasteiger partial charge in [-0.2, -0.15) is 10.4 Å². The minimum atomic E-state index is 0.142. The Balaban J connectivity index is 2.41. The van der Waals surface area contributed by atoms with E-state index in [4.69, 9.17) is 5.73 Å². The molecule has 19 heavy (non-hydrogen) atoms. The van der Waals surface area contributed by atoms with E-state index in [1.807, 2.05) is 38.1 Å². The Hall–Kier alpha value is -1.80. The molecule has 0 bridgehead atoms. The van der Waals surface area contributed by atoms with Crippen LogP contribution < -0.4 is 5.73 Å². The predicted molar refractivity (Wildman–Crippen MR) is 78.7 cm³/mol. The Morgan fingerprint density at radius 1 is 1.47 bits per heavy atom. The molecule has 0 amide bonds. The Bertz CT molecular complexity index is 637. The van der Waals surface area contributed by atoms with Gasteiger partial charge in [0.2, 0.25) is 0 Å². The molecule has 1 heterocycles. The van der Waals surface area contributed by atoms with Crippen molar-refractivity contribution in [3.8, 4) is 6.07 Å². The lowest BCUT2D eigenvalue weighted by atomic mass is 10.1. The first-order chi connectivity index (χ1) is 9.02. The maximum atomic E-state index is 9.23. The van der Waals surface area contributed by atoms with Gasteiger partial charge in [-0.25, -0.2) is 4.68 Å². The van der Waals surface area contributed by atoms with Crippen LogP contribution in [0.3, 0.4) is 0 Å². The van der Waals surface area contributed by atoms with Crippen molar-refractivity contribution in [2.24, 2.45) is 0 Å². The van der Waals surface area contributed by atoms with Crippen LogP contribution in [0.15, 0.2) is 28.7 Å². The molecular weight excluding hydrogens is 304 g/mol. The summed E-state index contributed by atoms with van der Waals surface area (Å²) in [6.07, 6.45) is 0.603. The van der Waals surface area contributed by atoms with Gasteiger partial charge >= 0.3 is 0 Å². The number of hydrogen-bond donors (Lipinski definition) is 1. The second-order valence-electron chi connectivity index (χ2n) is 4.66. The second-order valence-corrected chi connectivity index (χ2v) is 5.58. The van der Waals surface area contributed by atoms with Crippen molar-refractivity contribution < 1.29 is 0 Å². The van der Waals surface area contributed by atoms with Crippen LogP contribution in [0.5, 0.6) is 0 Å². The number of nitrogen functional groups attached to an aromatic ring is 1. The molecule has 0 aliphatic carbocycles. The molecule has 2 aromatic rings. The van der Waals surface area contributed by atoms with E-state index in [1.54, 1.807) is 4.68 Å². The van der Waals surface area contributed by atoms with Crippen LogP contribution in [0.2, 0.25) is 0 Å². The van der Waals surface area contributed by atoms with Crippen molar-refractivity contribution in [2.45, 2.75) is 26.3 Å². The van der Waals surface area contributed by atoms with Gasteiger partial charge in [-0.05, 0) is 31.5 Å². The smallest absolute Gasteiger partial charge is 0.140 e. The number of rotatable bonds is 3. The highest BCUT2D eigenvalue weighted by Crippen LogP contribution is 2.23. The van der Waals surface area contributed by atoms with Crippen LogP contribution in [-0.2, 0) is 6.42 Å². The highest BCUT2D eigenvalue weighted by atomic mass is 79.9.